The molecule has 0 aromatic heterocycles. The molecule has 0 aliphatic rings. The second-order valence-electron chi connectivity index (χ2n) is 2.95. The lowest BCUT2D eigenvalue weighted by molar-refractivity contribution is -0.0432. The monoisotopic (exact) mass is 172 g/mol. The van der Waals surface area contributed by atoms with Crippen LogP contribution in [0.15, 0.2) is 23.6 Å². The van der Waals surface area contributed by atoms with Crippen molar-refractivity contribution >= 4 is 0 Å². The third-order valence-corrected chi connectivity index (χ3v) is 1.32. The Morgan fingerprint density at radius 2 is 2.00 bits per heavy atom. The van der Waals surface area contributed by atoms with Gasteiger partial charge in [0, 0.05) is 6.20 Å². The van der Waals surface area contributed by atoms with Gasteiger partial charge < -0.3 is 5.11 Å². The van der Waals surface area contributed by atoms with E-state index in [-0.39, 0.29) is 11.7 Å². The molecule has 0 aliphatic heterocycles. The first-order valence-corrected chi connectivity index (χ1v) is 3.75. The summed E-state index contributed by atoms with van der Waals surface area (Å²) in [5, 5.41) is 18.2. The van der Waals surface area contributed by atoms with Crippen molar-refractivity contribution in [3.8, 4) is 0 Å². The minimum atomic E-state index is 0.191. The van der Waals surface area contributed by atoms with E-state index in [4.69, 9.17) is 16.2 Å². The summed E-state index contributed by atoms with van der Waals surface area (Å²) in [7, 11) is 0. The average molecular weight is 172 g/mol. The molecule has 0 fully saturated rings. The maximum absolute atomic E-state index is 8.96. The summed E-state index contributed by atoms with van der Waals surface area (Å²) in [6, 6.07) is 0. The molecule has 0 aliphatic carbocycles. The van der Waals surface area contributed by atoms with Gasteiger partial charge in [-0.25, -0.2) is 5.84 Å². The van der Waals surface area contributed by atoms with Gasteiger partial charge in [0.2, 0.25) is 0 Å². The van der Waals surface area contributed by atoms with Crippen LogP contribution in [-0.2, 0) is 0 Å². The van der Waals surface area contributed by atoms with Crippen molar-refractivity contribution in [2.75, 3.05) is 0 Å². The fourth-order valence-electron chi connectivity index (χ4n) is 0.747. The van der Waals surface area contributed by atoms with Gasteiger partial charge in [0.1, 0.15) is 0 Å². The van der Waals surface area contributed by atoms with E-state index in [1.165, 1.54) is 6.20 Å². The van der Waals surface area contributed by atoms with Crippen LogP contribution in [0.5, 0.6) is 0 Å². The topological polar surface area (TPSA) is 69.7 Å². The summed E-state index contributed by atoms with van der Waals surface area (Å²) in [6.45, 7) is 5.44. The second kappa shape index (κ2) is 4.79. The zero-order valence-electron chi connectivity index (χ0n) is 7.65. The lowest BCUT2D eigenvalue weighted by atomic mass is 10.0. The molecule has 0 unspecified atom stereocenters. The van der Waals surface area contributed by atoms with Crippen molar-refractivity contribution in [1.29, 1.82) is 0 Å². The summed E-state index contributed by atoms with van der Waals surface area (Å²) in [5.41, 5.74) is 0.764. The van der Waals surface area contributed by atoms with Crippen molar-refractivity contribution in [2.45, 2.75) is 20.8 Å². The minimum absolute atomic E-state index is 0.191. The summed E-state index contributed by atoms with van der Waals surface area (Å²) in [5.74, 6) is 5.40. The number of nitrogens with zero attached hydrogens (tertiary/aromatic N) is 1. The van der Waals surface area contributed by atoms with Crippen LogP contribution in [0.1, 0.15) is 20.8 Å². The SMILES string of the molecule is C/C(O)=C\C(=C/N(N)O)C(C)C. The van der Waals surface area contributed by atoms with E-state index in [9.17, 15) is 0 Å². The zero-order chi connectivity index (χ0) is 9.72. The molecule has 4 nitrogen and oxygen atoms in total. The summed E-state index contributed by atoms with van der Waals surface area (Å²) in [4.78, 5) is 0. The Hall–Kier alpha value is -1.00. The van der Waals surface area contributed by atoms with Crippen LogP contribution in [0.2, 0.25) is 0 Å². The number of hydrogen-bond donors (Lipinski definition) is 3. The quantitative estimate of drug-likeness (QED) is 0.261. The fourth-order valence-corrected chi connectivity index (χ4v) is 0.747. The maximum atomic E-state index is 8.96. The molecule has 0 saturated carbocycles. The summed E-state index contributed by atoms with van der Waals surface area (Å²) < 4.78 is 0. The van der Waals surface area contributed by atoms with E-state index < -0.39 is 0 Å². The van der Waals surface area contributed by atoms with Crippen molar-refractivity contribution in [3.63, 3.8) is 0 Å². The highest BCUT2D eigenvalue weighted by Gasteiger charge is 2.01. The predicted molar refractivity (Wildman–Crippen MR) is 47.1 cm³/mol. The largest absolute Gasteiger partial charge is 0.513 e. The highest BCUT2D eigenvalue weighted by Crippen LogP contribution is 2.12. The molecule has 0 rings (SSSR count). The standard InChI is InChI=1S/C8H16N2O2/c1-6(2)8(4-7(3)11)5-10(9)12/h4-6,11-12H,9H2,1-3H3/b7-4+,8-5+. The van der Waals surface area contributed by atoms with E-state index in [2.05, 4.69) is 0 Å². The number of hydrogen-bond acceptors (Lipinski definition) is 4. The smallest absolute Gasteiger partial charge is 0.0895 e. The number of hydroxylamine groups is 1. The molecule has 70 valence electrons. The van der Waals surface area contributed by atoms with Crippen LogP contribution in [-0.4, -0.2) is 15.5 Å². The van der Waals surface area contributed by atoms with Crippen LogP contribution < -0.4 is 5.84 Å². The lowest BCUT2D eigenvalue weighted by Crippen LogP contribution is -2.20. The summed E-state index contributed by atoms with van der Waals surface area (Å²) >= 11 is 0. The van der Waals surface area contributed by atoms with Crippen molar-refractivity contribution in [1.82, 2.24) is 5.17 Å². The normalized spacial score (nSPS) is 13.8. The van der Waals surface area contributed by atoms with Crippen LogP contribution in [0.4, 0.5) is 0 Å². The predicted octanol–water partition coefficient (Wildman–Crippen LogP) is 1.55. The summed E-state index contributed by atoms with van der Waals surface area (Å²) in [6.07, 6.45) is 2.91. The molecule has 0 atom stereocenters. The Labute approximate surface area is 72.5 Å². The van der Waals surface area contributed by atoms with E-state index in [0.29, 0.717) is 5.17 Å². The van der Waals surface area contributed by atoms with Crippen LogP contribution >= 0.6 is 0 Å². The van der Waals surface area contributed by atoms with E-state index in [1.807, 2.05) is 13.8 Å². The molecule has 0 heterocycles. The van der Waals surface area contributed by atoms with Crippen molar-refractivity contribution in [2.24, 2.45) is 11.8 Å². The number of hydrazine groups is 1. The van der Waals surface area contributed by atoms with Gasteiger partial charge in [-0.2, -0.15) is 5.17 Å². The lowest BCUT2D eigenvalue weighted by Gasteiger charge is -2.10. The zero-order valence-corrected chi connectivity index (χ0v) is 7.65. The molecular weight excluding hydrogens is 156 g/mol. The van der Waals surface area contributed by atoms with Crippen molar-refractivity contribution < 1.29 is 10.3 Å². The second-order valence-corrected chi connectivity index (χ2v) is 2.95. The Morgan fingerprint density at radius 1 is 1.50 bits per heavy atom. The van der Waals surface area contributed by atoms with Gasteiger partial charge in [-0.05, 0) is 24.5 Å². The maximum Gasteiger partial charge on any atom is 0.0895 e. The van der Waals surface area contributed by atoms with Gasteiger partial charge in [0.25, 0.3) is 0 Å². The Bertz CT molecular complexity index is 191. The van der Waals surface area contributed by atoms with Gasteiger partial charge >= 0.3 is 0 Å². The van der Waals surface area contributed by atoms with Gasteiger partial charge in [0.05, 0.1) is 5.76 Å². The first-order valence-electron chi connectivity index (χ1n) is 3.75. The van der Waals surface area contributed by atoms with Gasteiger partial charge in [-0.1, -0.05) is 13.8 Å². The highest BCUT2D eigenvalue weighted by molar-refractivity contribution is 5.20. The van der Waals surface area contributed by atoms with Gasteiger partial charge in [0.15, 0.2) is 0 Å². The number of aliphatic hydroxyl groups excluding tert-OH is 1. The molecule has 0 bridgehead atoms. The molecule has 0 aromatic rings. The van der Waals surface area contributed by atoms with Crippen LogP contribution in [0, 0.1) is 5.92 Å². The Kier molecular flexibility index (Phi) is 4.39. The average Bonchev–Trinajstić information content (AvgIpc) is 1.83. The molecular formula is C8H16N2O2. The number of rotatable bonds is 3. The molecule has 0 saturated heterocycles. The van der Waals surface area contributed by atoms with Crippen molar-refractivity contribution in [3.05, 3.63) is 23.6 Å². The fraction of sp³-hybridized carbons (Fsp3) is 0.500. The molecule has 0 spiro atoms. The molecule has 4 heteroatoms. The molecule has 12 heavy (non-hydrogen) atoms. The highest BCUT2D eigenvalue weighted by atomic mass is 16.5. The van der Waals surface area contributed by atoms with Gasteiger partial charge in [-0.3, -0.25) is 5.21 Å². The van der Waals surface area contributed by atoms with Crippen LogP contribution in [0.3, 0.4) is 0 Å². The number of aliphatic hydroxyl groups is 1. The first kappa shape index (κ1) is 11.0. The molecule has 4 N–H and O–H groups in total. The Balaban J connectivity index is 4.56. The number of nitrogens with two attached hydrogens (primary N) is 1. The molecule has 0 aromatic carbocycles. The first-order chi connectivity index (χ1) is 5.43. The number of allylic oxidation sites excluding steroid dienone is 3. The molecule has 0 amide bonds. The third kappa shape index (κ3) is 4.76. The van der Waals surface area contributed by atoms with E-state index in [0.717, 1.165) is 5.57 Å². The van der Waals surface area contributed by atoms with Crippen LogP contribution in [0.25, 0.3) is 0 Å². The third-order valence-electron chi connectivity index (χ3n) is 1.32. The van der Waals surface area contributed by atoms with E-state index in [1.54, 1.807) is 13.0 Å². The van der Waals surface area contributed by atoms with E-state index >= 15 is 0 Å². The Morgan fingerprint density at radius 3 is 2.25 bits per heavy atom. The minimum Gasteiger partial charge on any atom is -0.513 e. The van der Waals surface area contributed by atoms with Gasteiger partial charge in [-0.15, -0.1) is 0 Å². The molecule has 0 radical (unpaired) electrons.